The average molecular weight is 245 g/mol. The molecule has 0 aromatic heterocycles. The second-order valence-electron chi connectivity index (χ2n) is 5.15. The third-order valence-electron chi connectivity index (χ3n) is 4.11. The first-order valence-corrected chi connectivity index (χ1v) is 7.55. The summed E-state index contributed by atoms with van der Waals surface area (Å²) >= 11 is 1.92. The molecule has 1 aliphatic rings. The first-order valence-electron chi connectivity index (χ1n) is 6.16. The average Bonchev–Trinajstić information content (AvgIpc) is 2.30. The molecule has 1 rings (SSSR count). The molecule has 1 unspecified atom stereocenters. The van der Waals surface area contributed by atoms with Crippen LogP contribution in [0.3, 0.4) is 0 Å². The Kier molecular flexibility index (Phi) is 5.57. The van der Waals surface area contributed by atoms with E-state index in [2.05, 4.69) is 37.1 Å². The van der Waals surface area contributed by atoms with E-state index in [1.807, 2.05) is 11.8 Å². The van der Waals surface area contributed by atoms with Crippen LogP contribution in [0.5, 0.6) is 0 Å². The van der Waals surface area contributed by atoms with Crippen molar-refractivity contribution in [1.82, 2.24) is 9.80 Å². The van der Waals surface area contributed by atoms with Gasteiger partial charge in [0, 0.05) is 23.9 Å². The smallest absolute Gasteiger partial charge is 0.0356 e. The lowest BCUT2D eigenvalue weighted by atomic mass is 9.85. The summed E-state index contributed by atoms with van der Waals surface area (Å²) in [7, 11) is 4.45. The molecule has 2 N–H and O–H groups in total. The molecule has 0 bridgehead atoms. The maximum absolute atomic E-state index is 6.05. The van der Waals surface area contributed by atoms with E-state index in [1.165, 1.54) is 31.7 Å². The third kappa shape index (κ3) is 3.13. The van der Waals surface area contributed by atoms with Crippen molar-refractivity contribution >= 4 is 11.8 Å². The number of rotatable bonds is 5. The molecular weight excluding hydrogens is 218 g/mol. The molecule has 0 aliphatic carbocycles. The summed E-state index contributed by atoms with van der Waals surface area (Å²) in [6, 6.07) is 0.613. The first kappa shape index (κ1) is 14.3. The third-order valence-corrected chi connectivity index (χ3v) is 4.93. The monoisotopic (exact) mass is 245 g/mol. The van der Waals surface area contributed by atoms with Gasteiger partial charge in [0.15, 0.2) is 0 Å². The van der Waals surface area contributed by atoms with Crippen molar-refractivity contribution in [3.63, 3.8) is 0 Å². The van der Waals surface area contributed by atoms with Crippen LogP contribution in [0.25, 0.3) is 0 Å². The molecule has 0 amide bonds. The van der Waals surface area contributed by atoms with Gasteiger partial charge in [-0.25, -0.2) is 0 Å². The van der Waals surface area contributed by atoms with E-state index in [4.69, 9.17) is 5.73 Å². The molecule has 4 heteroatoms. The van der Waals surface area contributed by atoms with E-state index in [0.717, 1.165) is 6.54 Å². The Balaban J connectivity index is 2.64. The zero-order valence-corrected chi connectivity index (χ0v) is 12.0. The standard InChI is InChI=1S/C12H27N3S/c1-11(9-16-4)15(3)12(10-13)5-7-14(2)8-6-12/h11H,5-10,13H2,1-4H3. The summed E-state index contributed by atoms with van der Waals surface area (Å²) in [5.41, 5.74) is 6.29. The Morgan fingerprint density at radius 3 is 2.44 bits per heavy atom. The van der Waals surface area contributed by atoms with Crippen LogP contribution in [0, 0.1) is 0 Å². The van der Waals surface area contributed by atoms with Crippen LogP contribution in [0.4, 0.5) is 0 Å². The summed E-state index contributed by atoms with van der Waals surface area (Å²) in [6.45, 7) is 5.45. The highest BCUT2D eigenvalue weighted by Crippen LogP contribution is 2.28. The Morgan fingerprint density at radius 1 is 1.44 bits per heavy atom. The molecule has 1 heterocycles. The summed E-state index contributed by atoms with van der Waals surface area (Å²) in [5, 5.41) is 0. The highest BCUT2D eigenvalue weighted by Gasteiger charge is 2.37. The van der Waals surface area contributed by atoms with Gasteiger partial charge in [0.2, 0.25) is 0 Å². The number of likely N-dealkylation sites (N-methyl/N-ethyl adjacent to an activating group) is 1. The number of thioether (sulfide) groups is 1. The van der Waals surface area contributed by atoms with Crippen molar-refractivity contribution in [2.24, 2.45) is 5.73 Å². The predicted octanol–water partition coefficient (Wildman–Crippen LogP) is 1.09. The van der Waals surface area contributed by atoms with Gasteiger partial charge in [-0.3, -0.25) is 4.90 Å². The van der Waals surface area contributed by atoms with Crippen LogP contribution in [-0.4, -0.2) is 67.1 Å². The molecule has 1 aliphatic heterocycles. The molecule has 0 radical (unpaired) electrons. The van der Waals surface area contributed by atoms with Crippen molar-refractivity contribution in [2.75, 3.05) is 45.7 Å². The quantitative estimate of drug-likeness (QED) is 0.786. The van der Waals surface area contributed by atoms with E-state index in [0.29, 0.717) is 6.04 Å². The second-order valence-corrected chi connectivity index (χ2v) is 6.06. The van der Waals surface area contributed by atoms with E-state index >= 15 is 0 Å². The van der Waals surface area contributed by atoms with E-state index in [9.17, 15) is 0 Å². The van der Waals surface area contributed by atoms with Gasteiger partial charge in [-0.05, 0) is 53.2 Å². The fraction of sp³-hybridized carbons (Fsp3) is 1.00. The fourth-order valence-electron chi connectivity index (χ4n) is 2.56. The first-order chi connectivity index (χ1) is 7.55. The van der Waals surface area contributed by atoms with E-state index in [1.54, 1.807) is 0 Å². The minimum Gasteiger partial charge on any atom is -0.329 e. The van der Waals surface area contributed by atoms with Gasteiger partial charge in [0.05, 0.1) is 0 Å². The van der Waals surface area contributed by atoms with Gasteiger partial charge in [-0.1, -0.05) is 0 Å². The Morgan fingerprint density at radius 2 is 2.00 bits per heavy atom. The summed E-state index contributed by atoms with van der Waals surface area (Å²) in [6.07, 6.45) is 4.58. The van der Waals surface area contributed by atoms with Crippen molar-refractivity contribution < 1.29 is 0 Å². The SMILES string of the molecule is CSCC(C)N(C)C1(CN)CCN(C)CC1. The molecule has 1 fully saturated rings. The molecule has 16 heavy (non-hydrogen) atoms. The number of hydrogen-bond acceptors (Lipinski definition) is 4. The van der Waals surface area contributed by atoms with Crippen LogP contribution in [-0.2, 0) is 0 Å². The highest BCUT2D eigenvalue weighted by atomic mass is 32.2. The van der Waals surface area contributed by atoms with E-state index < -0.39 is 0 Å². The molecule has 0 spiro atoms. The summed E-state index contributed by atoms with van der Waals surface area (Å²) in [4.78, 5) is 4.93. The lowest BCUT2D eigenvalue weighted by Crippen LogP contribution is -2.60. The number of nitrogens with zero attached hydrogens (tertiary/aromatic N) is 2. The predicted molar refractivity (Wildman–Crippen MR) is 74.1 cm³/mol. The van der Waals surface area contributed by atoms with Crippen molar-refractivity contribution in [3.8, 4) is 0 Å². The molecule has 3 nitrogen and oxygen atoms in total. The van der Waals surface area contributed by atoms with Crippen LogP contribution >= 0.6 is 11.8 Å². The van der Waals surface area contributed by atoms with Crippen LogP contribution in [0.2, 0.25) is 0 Å². The molecular formula is C12H27N3S. The molecule has 0 aromatic carbocycles. The number of nitrogens with two attached hydrogens (primary N) is 1. The largest absolute Gasteiger partial charge is 0.329 e. The molecule has 1 saturated heterocycles. The zero-order chi connectivity index (χ0) is 12.2. The lowest BCUT2D eigenvalue weighted by Gasteiger charge is -2.48. The Bertz CT molecular complexity index is 202. The molecule has 96 valence electrons. The van der Waals surface area contributed by atoms with Gasteiger partial charge in [-0.15, -0.1) is 0 Å². The highest BCUT2D eigenvalue weighted by molar-refractivity contribution is 7.98. The summed E-state index contributed by atoms with van der Waals surface area (Å²) in [5.74, 6) is 1.19. The fourth-order valence-corrected chi connectivity index (χ4v) is 3.26. The van der Waals surface area contributed by atoms with Crippen molar-refractivity contribution in [3.05, 3.63) is 0 Å². The summed E-state index contributed by atoms with van der Waals surface area (Å²) < 4.78 is 0. The van der Waals surface area contributed by atoms with Crippen molar-refractivity contribution in [2.45, 2.75) is 31.3 Å². The van der Waals surface area contributed by atoms with Gasteiger partial charge in [-0.2, -0.15) is 11.8 Å². The molecule has 0 aromatic rings. The van der Waals surface area contributed by atoms with E-state index in [-0.39, 0.29) is 5.54 Å². The normalized spacial score (nSPS) is 23.6. The maximum atomic E-state index is 6.05. The van der Waals surface area contributed by atoms with Crippen molar-refractivity contribution in [1.29, 1.82) is 0 Å². The van der Waals surface area contributed by atoms with Gasteiger partial charge in [0.25, 0.3) is 0 Å². The number of hydrogen-bond donors (Lipinski definition) is 1. The minimum atomic E-state index is 0.238. The topological polar surface area (TPSA) is 32.5 Å². The zero-order valence-electron chi connectivity index (χ0n) is 11.2. The molecule has 0 saturated carbocycles. The second kappa shape index (κ2) is 6.24. The van der Waals surface area contributed by atoms with Gasteiger partial charge < -0.3 is 10.6 Å². The Labute approximate surface area is 105 Å². The number of likely N-dealkylation sites (tertiary alicyclic amines) is 1. The number of piperidine rings is 1. The van der Waals surface area contributed by atoms with Crippen LogP contribution in [0.15, 0.2) is 0 Å². The molecule has 1 atom stereocenters. The van der Waals surface area contributed by atoms with Crippen LogP contribution in [0.1, 0.15) is 19.8 Å². The lowest BCUT2D eigenvalue weighted by molar-refractivity contribution is 0.0342. The van der Waals surface area contributed by atoms with Gasteiger partial charge in [0.1, 0.15) is 0 Å². The maximum Gasteiger partial charge on any atom is 0.0356 e. The Hall–Kier alpha value is 0.230. The van der Waals surface area contributed by atoms with Gasteiger partial charge >= 0.3 is 0 Å². The minimum absolute atomic E-state index is 0.238. The van der Waals surface area contributed by atoms with Crippen LogP contribution < -0.4 is 5.73 Å².